The number of benzene rings is 1. The van der Waals surface area contributed by atoms with Gasteiger partial charge in [-0.15, -0.1) is 0 Å². The summed E-state index contributed by atoms with van der Waals surface area (Å²) in [4.78, 5) is 22.4. The smallest absolute Gasteiger partial charge is 0.303 e. The van der Waals surface area contributed by atoms with Crippen molar-refractivity contribution in [3.63, 3.8) is 0 Å². The lowest BCUT2D eigenvalue weighted by atomic mass is 10.1. The highest BCUT2D eigenvalue weighted by Gasteiger charge is 2.22. The van der Waals surface area contributed by atoms with Gasteiger partial charge < -0.3 is 5.32 Å². The van der Waals surface area contributed by atoms with E-state index in [0.717, 1.165) is 17.6 Å². The molecule has 1 aromatic carbocycles. The van der Waals surface area contributed by atoms with E-state index < -0.39 is 6.03 Å². The van der Waals surface area contributed by atoms with Gasteiger partial charge in [0, 0.05) is 0 Å². The van der Waals surface area contributed by atoms with Crippen LogP contribution in [0.2, 0.25) is 0 Å². The molecule has 1 aromatic rings. The van der Waals surface area contributed by atoms with E-state index in [1.165, 1.54) is 0 Å². The van der Waals surface area contributed by atoms with E-state index in [1.54, 1.807) is 6.08 Å². The normalized spacial score (nSPS) is 17.8. The lowest BCUT2D eigenvalue weighted by Gasteiger charge is -2.00. The van der Waals surface area contributed by atoms with Crippen molar-refractivity contribution in [2.75, 3.05) is 0 Å². The van der Waals surface area contributed by atoms with E-state index in [0.29, 0.717) is 5.70 Å². The zero-order valence-electron chi connectivity index (χ0n) is 10.1. The van der Waals surface area contributed by atoms with Crippen LogP contribution in [0.1, 0.15) is 18.9 Å². The summed E-state index contributed by atoms with van der Waals surface area (Å²) in [6.07, 6.45) is 4.47. The topological polar surface area (TPSA) is 58.2 Å². The second kappa shape index (κ2) is 5.31. The Kier molecular flexibility index (Phi) is 3.57. The number of amides is 3. The summed E-state index contributed by atoms with van der Waals surface area (Å²) < 4.78 is 0. The SMILES string of the molecule is CCC(=Cc1ccccc1)C=C1NC(=O)NC1=O. The second-order valence-electron chi connectivity index (χ2n) is 3.95. The third-order valence-electron chi connectivity index (χ3n) is 2.61. The molecule has 1 aliphatic heterocycles. The molecule has 0 radical (unpaired) electrons. The van der Waals surface area contributed by atoms with Gasteiger partial charge in [0.25, 0.3) is 5.91 Å². The third kappa shape index (κ3) is 2.85. The quantitative estimate of drug-likeness (QED) is 0.630. The first kappa shape index (κ1) is 12.1. The van der Waals surface area contributed by atoms with E-state index in [1.807, 2.05) is 43.3 Å². The van der Waals surface area contributed by atoms with Crippen molar-refractivity contribution in [3.8, 4) is 0 Å². The number of rotatable bonds is 3. The molecule has 0 unspecified atom stereocenters. The molecule has 3 amide bonds. The van der Waals surface area contributed by atoms with Crippen LogP contribution in [0.25, 0.3) is 6.08 Å². The maximum Gasteiger partial charge on any atom is 0.326 e. The summed E-state index contributed by atoms with van der Waals surface area (Å²) in [7, 11) is 0. The van der Waals surface area contributed by atoms with E-state index >= 15 is 0 Å². The number of imide groups is 1. The highest BCUT2D eigenvalue weighted by Crippen LogP contribution is 2.13. The van der Waals surface area contributed by atoms with Gasteiger partial charge in [-0.2, -0.15) is 0 Å². The summed E-state index contributed by atoms with van der Waals surface area (Å²) >= 11 is 0. The molecular weight excluding hydrogens is 228 g/mol. The van der Waals surface area contributed by atoms with Gasteiger partial charge in [-0.25, -0.2) is 4.79 Å². The van der Waals surface area contributed by atoms with Crippen LogP contribution in [-0.2, 0) is 4.79 Å². The molecule has 2 rings (SSSR count). The summed E-state index contributed by atoms with van der Waals surface area (Å²) in [6.45, 7) is 2.00. The molecule has 0 saturated carbocycles. The molecule has 0 aliphatic carbocycles. The fourth-order valence-electron chi connectivity index (χ4n) is 1.68. The van der Waals surface area contributed by atoms with Crippen molar-refractivity contribution in [2.45, 2.75) is 13.3 Å². The highest BCUT2D eigenvalue weighted by molar-refractivity contribution is 6.11. The zero-order chi connectivity index (χ0) is 13.0. The van der Waals surface area contributed by atoms with Crippen molar-refractivity contribution in [2.24, 2.45) is 0 Å². The van der Waals surface area contributed by atoms with Crippen molar-refractivity contribution >= 4 is 18.0 Å². The van der Waals surface area contributed by atoms with E-state index in [4.69, 9.17) is 0 Å². The number of hydrogen-bond acceptors (Lipinski definition) is 2. The summed E-state index contributed by atoms with van der Waals surface area (Å²) in [5, 5.41) is 4.65. The van der Waals surface area contributed by atoms with Crippen molar-refractivity contribution in [3.05, 3.63) is 53.2 Å². The number of carbonyl (C=O) groups excluding carboxylic acids is 2. The maximum absolute atomic E-state index is 11.4. The van der Waals surface area contributed by atoms with Gasteiger partial charge in [-0.05, 0) is 23.6 Å². The van der Waals surface area contributed by atoms with Crippen LogP contribution in [0.15, 0.2) is 47.7 Å². The molecule has 1 aliphatic rings. The number of allylic oxidation sites excluding steroid dienone is 2. The molecule has 0 atom stereocenters. The highest BCUT2D eigenvalue weighted by atomic mass is 16.2. The Morgan fingerprint density at radius 3 is 2.44 bits per heavy atom. The average molecular weight is 242 g/mol. The summed E-state index contributed by atoms with van der Waals surface area (Å²) in [6, 6.07) is 9.36. The molecule has 4 heteroatoms. The minimum absolute atomic E-state index is 0.295. The Bertz CT molecular complexity index is 530. The molecule has 1 fully saturated rings. The minimum Gasteiger partial charge on any atom is -0.303 e. The Balaban J connectivity index is 2.25. The predicted molar refractivity (Wildman–Crippen MR) is 69.5 cm³/mol. The molecule has 0 aromatic heterocycles. The monoisotopic (exact) mass is 242 g/mol. The van der Waals surface area contributed by atoms with Crippen LogP contribution in [0.3, 0.4) is 0 Å². The first-order valence-corrected chi connectivity index (χ1v) is 5.78. The first-order chi connectivity index (χ1) is 8.69. The van der Waals surface area contributed by atoms with Crippen molar-refractivity contribution in [1.29, 1.82) is 0 Å². The predicted octanol–water partition coefficient (Wildman–Crippen LogP) is 2.20. The first-order valence-electron chi connectivity index (χ1n) is 5.78. The molecule has 0 bridgehead atoms. The molecule has 2 N–H and O–H groups in total. The van der Waals surface area contributed by atoms with Crippen LogP contribution in [0, 0.1) is 0 Å². The third-order valence-corrected chi connectivity index (χ3v) is 2.61. The molecule has 92 valence electrons. The van der Waals surface area contributed by atoms with E-state index in [9.17, 15) is 9.59 Å². The molecule has 1 heterocycles. The second-order valence-corrected chi connectivity index (χ2v) is 3.95. The largest absolute Gasteiger partial charge is 0.326 e. The van der Waals surface area contributed by atoms with Crippen LogP contribution in [-0.4, -0.2) is 11.9 Å². The standard InChI is InChI=1S/C14H14N2O2/c1-2-10(8-11-6-4-3-5-7-11)9-12-13(17)16-14(18)15-12/h3-9H,2H2,1H3,(H2,15,16,17,18). The lowest BCUT2D eigenvalue weighted by Crippen LogP contribution is -2.22. The molecular formula is C14H14N2O2. The van der Waals surface area contributed by atoms with Gasteiger partial charge in [0.05, 0.1) is 0 Å². The van der Waals surface area contributed by atoms with Crippen LogP contribution < -0.4 is 10.6 Å². The number of nitrogens with one attached hydrogen (secondary N) is 2. The van der Waals surface area contributed by atoms with Crippen LogP contribution >= 0.6 is 0 Å². The Morgan fingerprint density at radius 2 is 1.89 bits per heavy atom. The van der Waals surface area contributed by atoms with Gasteiger partial charge in [0.2, 0.25) is 0 Å². The van der Waals surface area contributed by atoms with Gasteiger partial charge in [0.15, 0.2) is 0 Å². The fourth-order valence-corrected chi connectivity index (χ4v) is 1.68. The van der Waals surface area contributed by atoms with Gasteiger partial charge in [-0.3, -0.25) is 10.1 Å². The molecule has 4 nitrogen and oxygen atoms in total. The van der Waals surface area contributed by atoms with Gasteiger partial charge in [0.1, 0.15) is 5.70 Å². The zero-order valence-corrected chi connectivity index (χ0v) is 10.1. The summed E-state index contributed by atoms with van der Waals surface area (Å²) in [5.41, 5.74) is 2.34. The Labute approximate surface area is 105 Å². The fraction of sp³-hybridized carbons (Fsp3) is 0.143. The van der Waals surface area contributed by atoms with Crippen molar-refractivity contribution in [1.82, 2.24) is 10.6 Å². The lowest BCUT2D eigenvalue weighted by molar-refractivity contribution is -0.115. The maximum atomic E-state index is 11.4. The van der Waals surface area contributed by atoms with Gasteiger partial charge in [-0.1, -0.05) is 43.3 Å². The van der Waals surface area contributed by atoms with Gasteiger partial charge >= 0.3 is 6.03 Å². The van der Waals surface area contributed by atoms with Crippen LogP contribution in [0.4, 0.5) is 4.79 Å². The summed E-state index contributed by atoms with van der Waals surface area (Å²) in [5.74, 6) is -0.382. The number of hydrogen-bond donors (Lipinski definition) is 2. The van der Waals surface area contributed by atoms with Crippen LogP contribution in [0.5, 0.6) is 0 Å². The molecule has 18 heavy (non-hydrogen) atoms. The molecule has 1 saturated heterocycles. The molecule has 0 spiro atoms. The number of urea groups is 1. The van der Waals surface area contributed by atoms with E-state index in [-0.39, 0.29) is 5.91 Å². The van der Waals surface area contributed by atoms with Crippen molar-refractivity contribution < 1.29 is 9.59 Å². The minimum atomic E-state index is -0.471. The Hall–Kier alpha value is -2.36. The van der Waals surface area contributed by atoms with E-state index in [2.05, 4.69) is 10.6 Å². The Morgan fingerprint density at radius 1 is 1.17 bits per heavy atom. The average Bonchev–Trinajstić information content (AvgIpc) is 2.68. The number of carbonyl (C=O) groups is 2.